The molecule has 1 aromatic carbocycles. The first-order valence-corrected chi connectivity index (χ1v) is 6.91. The zero-order valence-electron chi connectivity index (χ0n) is 9.79. The van der Waals surface area contributed by atoms with Crippen LogP contribution in [0.15, 0.2) is 47.5 Å². The zero-order chi connectivity index (χ0) is 13.0. The molecule has 2 N–H and O–H groups in total. The maximum Gasteiger partial charge on any atom is 0.229 e. The van der Waals surface area contributed by atoms with E-state index in [1.807, 2.05) is 30.5 Å². The first-order chi connectivity index (χ1) is 8.72. The molecule has 0 unspecified atom stereocenters. The lowest BCUT2D eigenvalue weighted by molar-refractivity contribution is 0.451. The van der Waals surface area contributed by atoms with Gasteiger partial charge in [-0.05, 0) is 30.5 Å². The van der Waals surface area contributed by atoms with Crippen LogP contribution < -0.4 is 10.5 Å². The summed E-state index contributed by atoms with van der Waals surface area (Å²) in [6.45, 7) is 0. The van der Waals surface area contributed by atoms with Gasteiger partial charge < -0.3 is 10.5 Å². The topological polar surface area (TPSA) is 48.1 Å². The Hall–Kier alpha value is -1.59. The number of hydrogen-bond donors (Lipinski definition) is 1. The van der Waals surface area contributed by atoms with Crippen molar-refractivity contribution in [2.45, 2.75) is 4.90 Å². The van der Waals surface area contributed by atoms with Gasteiger partial charge in [-0.25, -0.2) is 4.98 Å². The van der Waals surface area contributed by atoms with E-state index < -0.39 is 0 Å². The van der Waals surface area contributed by atoms with Gasteiger partial charge in [-0.2, -0.15) is 0 Å². The number of ether oxygens (including phenoxy) is 1. The van der Waals surface area contributed by atoms with Crippen molar-refractivity contribution in [3.63, 3.8) is 0 Å². The summed E-state index contributed by atoms with van der Waals surface area (Å²) in [6, 6.07) is 11.3. The van der Waals surface area contributed by atoms with E-state index in [0.717, 1.165) is 10.6 Å². The van der Waals surface area contributed by atoms with Crippen LogP contribution in [0.1, 0.15) is 5.56 Å². The number of rotatable bonds is 4. The van der Waals surface area contributed by atoms with Crippen LogP contribution in [0.3, 0.4) is 0 Å². The van der Waals surface area contributed by atoms with Gasteiger partial charge in [0.2, 0.25) is 5.88 Å². The van der Waals surface area contributed by atoms with Gasteiger partial charge in [0, 0.05) is 11.1 Å². The van der Waals surface area contributed by atoms with Crippen LogP contribution in [0.2, 0.25) is 0 Å². The van der Waals surface area contributed by atoms with Gasteiger partial charge in [-0.3, -0.25) is 0 Å². The molecule has 1 aromatic heterocycles. The molecule has 0 fully saturated rings. The zero-order valence-corrected chi connectivity index (χ0v) is 11.4. The lowest BCUT2D eigenvalue weighted by atomic mass is 10.2. The average molecular weight is 276 g/mol. The molecule has 3 nitrogen and oxygen atoms in total. The minimum absolute atomic E-state index is 0.278. The monoisotopic (exact) mass is 276 g/mol. The van der Waals surface area contributed by atoms with Crippen molar-refractivity contribution in [1.82, 2.24) is 4.98 Å². The fraction of sp³-hybridized carbons (Fsp3) is 0.0769. The highest BCUT2D eigenvalue weighted by Crippen LogP contribution is 2.31. The fourth-order valence-electron chi connectivity index (χ4n) is 1.47. The number of thiocarbonyl (C=S) groups is 1. The van der Waals surface area contributed by atoms with Crippen molar-refractivity contribution in [3.05, 3.63) is 48.2 Å². The summed E-state index contributed by atoms with van der Waals surface area (Å²) >= 11 is 6.59. The van der Waals surface area contributed by atoms with Crippen LogP contribution in [-0.2, 0) is 0 Å². The summed E-state index contributed by atoms with van der Waals surface area (Å²) in [5.41, 5.74) is 6.29. The highest BCUT2D eigenvalue weighted by atomic mass is 32.2. The van der Waals surface area contributed by atoms with E-state index in [-0.39, 0.29) is 4.99 Å². The molecule has 92 valence electrons. The van der Waals surface area contributed by atoms with E-state index in [0.29, 0.717) is 11.4 Å². The van der Waals surface area contributed by atoms with Gasteiger partial charge in [0.15, 0.2) is 0 Å². The third-order valence-corrected chi connectivity index (χ3v) is 3.31. The Bertz CT molecular complexity index is 572. The molecule has 2 rings (SSSR count). The van der Waals surface area contributed by atoms with E-state index in [1.54, 1.807) is 30.1 Å². The van der Waals surface area contributed by atoms with Crippen molar-refractivity contribution < 1.29 is 4.74 Å². The average Bonchev–Trinajstić information content (AvgIpc) is 2.40. The highest BCUT2D eigenvalue weighted by molar-refractivity contribution is 7.98. The molecule has 0 radical (unpaired) electrons. The predicted octanol–water partition coefficient (Wildman–Crippen LogP) is 3.23. The van der Waals surface area contributed by atoms with E-state index in [4.69, 9.17) is 22.7 Å². The van der Waals surface area contributed by atoms with Gasteiger partial charge in [0.1, 0.15) is 10.7 Å². The second-order valence-electron chi connectivity index (χ2n) is 3.47. The molecule has 0 saturated heterocycles. The molecular weight excluding hydrogens is 264 g/mol. The Morgan fingerprint density at radius 2 is 2.06 bits per heavy atom. The van der Waals surface area contributed by atoms with Crippen LogP contribution in [0.25, 0.3) is 0 Å². The molecule has 0 aliphatic rings. The van der Waals surface area contributed by atoms with Gasteiger partial charge in [0.25, 0.3) is 0 Å². The summed E-state index contributed by atoms with van der Waals surface area (Å²) in [6.07, 6.45) is 3.65. The molecule has 0 spiro atoms. The van der Waals surface area contributed by atoms with Crippen LogP contribution in [0, 0.1) is 0 Å². The predicted molar refractivity (Wildman–Crippen MR) is 78.4 cm³/mol. The van der Waals surface area contributed by atoms with E-state index in [9.17, 15) is 0 Å². The van der Waals surface area contributed by atoms with E-state index in [1.165, 1.54) is 0 Å². The molecular formula is C13H12N2OS2. The largest absolute Gasteiger partial charge is 0.437 e. The number of nitrogens with two attached hydrogens (primary N) is 1. The maximum atomic E-state index is 5.79. The summed E-state index contributed by atoms with van der Waals surface area (Å²) in [5, 5.41) is 0. The van der Waals surface area contributed by atoms with Crippen LogP contribution >= 0.6 is 24.0 Å². The van der Waals surface area contributed by atoms with E-state index >= 15 is 0 Å². The summed E-state index contributed by atoms with van der Waals surface area (Å²) < 4.78 is 5.79. The lowest BCUT2D eigenvalue weighted by Crippen LogP contribution is -2.11. The molecule has 0 atom stereocenters. The van der Waals surface area contributed by atoms with Gasteiger partial charge in [0.05, 0.1) is 5.56 Å². The summed E-state index contributed by atoms with van der Waals surface area (Å²) in [4.78, 5) is 5.49. The fourth-order valence-corrected chi connectivity index (χ4v) is 2.15. The Kier molecular flexibility index (Phi) is 4.17. The third kappa shape index (κ3) is 2.80. The Morgan fingerprint density at radius 3 is 2.78 bits per heavy atom. The maximum absolute atomic E-state index is 5.79. The summed E-state index contributed by atoms with van der Waals surface area (Å²) in [7, 11) is 0. The number of hydrogen-bond acceptors (Lipinski definition) is 4. The Balaban J connectivity index is 2.37. The van der Waals surface area contributed by atoms with Crippen molar-refractivity contribution in [3.8, 4) is 11.6 Å². The SMILES string of the molecule is CSc1ccccc1Oc1ncccc1C(N)=S. The number of aromatic nitrogens is 1. The van der Waals surface area contributed by atoms with Gasteiger partial charge >= 0.3 is 0 Å². The molecule has 1 heterocycles. The molecule has 2 aromatic rings. The van der Waals surface area contributed by atoms with E-state index in [2.05, 4.69) is 4.98 Å². The van der Waals surface area contributed by atoms with Crippen molar-refractivity contribution in [1.29, 1.82) is 0 Å². The van der Waals surface area contributed by atoms with Crippen molar-refractivity contribution >= 4 is 29.0 Å². The molecule has 0 bridgehead atoms. The number of pyridine rings is 1. The second kappa shape index (κ2) is 5.84. The molecule has 0 amide bonds. The normalized spacial score (nSPS) is 10.1. The van der Waals surface area contributed by atoms with Gasteiger partial charge in [-0.15, -0.1) is 11.8 Å². The minimum Gasteiger partial charge on any atom is -0.437 e. The van der Waals surface area contributed by atoms with Crippen LogP contribution in [0.5, 0.6) is 11.6 Å². The minimum atomic E-state index is 0.278. The molecule has 0 aliphatic heterocycles. The highest BCUT2D eigenvalue weighted by Gasteiger charge is 2.10. The Labute approximate surface area is 115 Å². The quantitative estimate of drug-likeness (QED) is 0.686. The van der Waals surface area contributed by atoms with Crippen LogP contribution in [0.4, 0.5) is 0 Å². The van der Waals surface area contributed by atoms with Gasteiger partial charge in [-0.1, -0.05) is 24.4 Å². The number of para-hydroxylation sites is 1. The lowest BCUT2D eigenvalue weighted by Gasteiger charge is -2.11. The van der Waals surface area contributed by atoms with Crippen molar-refractivity contribution in [2.75, 3.05) is 6.26 Å². The van der Waals surface area contributed by atoms with Crippen molar-refractivity contribution in [2.24, 2.45) is 5.73 Å². The Morgan fingerprint density at radius 1 is 1.28 bits per heavy atom. The first kappa shape index (κ1) is 12.9. The molecule has 0 aliphatic carbocycles. The standard InChI is InChI=1S/C13H12N2OS2/c1-18-11-7-3-2-6-10(11)16-13-9(12(14)17)5-4-8-15-13/h2-8H,1H3,(H2,14,17). The van der Waals surface area contributed by atoms with Crippen LogP contribution in [-0.4, -0.2) is 16.2 Å². The second-order valence-corrected chi connectivity index (χ2v) is 4.76. The number of thioether (sulfide) groups is 1. The third-order valence-electron chi connectivity index (χ3n) is 2.31. The molecule has 0 saturated carbocycles. The molecule has 5 heteroatoms. The number of nitrogens with zero attached hydrogens (tertiary/aromatic N) is 1. The smallest absolute Gasteiger partial charge is 0.229 e. The number of benzene rings is 1. The summed E-state index contributed by atoms with van der Waals surface area (Å²) in [5.74, 6) is 1.19. The molecule has 18 heavy (non-hydrogen) atoms. The first-order valence-electron chi connectivity index (χ1n) is 5.28.